The minimum Gasteiger partial charge on any atom is -0.399 e. The van der Waals surface area contributed by atoms with Gasteiger partial charge in [0, 0.05) is 23.1 Å². The van der Waals surface area contributed by atoms with Gasteiger partial charge in [-0.25, -0.2) is 0 Å². The van der Waals surface area contributed by atoms with Crippen molar-refractivity contribution in [2.75, 3.05) is 36.4 Å². The summed E-state index contributed by atoms with van der Waals surface area (Å²) >= 11 is 11.1. The van der Waals surface area contributed by atoms with Gasteiger partial charge in [0.25, 0.3) is 0 Å². The van der Waals surface area contributed by atoms with Gasteiger partial charge in [0.1, 0.15) is 0 Å². The Bertz CT molecular complexity index is 448. The third kappa shape index (κ3) is 5.59. The Morgan fingerprint density at radius 2 is 1.68 bits per heavy atom. The lowest BCUT2D eigenvalue weighted by Crippen LogP contribution is -2.05. The van der Waals surface area contributed by atoms with E-state index >= 15 is 0 Å². The van der Waals surface area contributed by atoms with E-state index in [2.05, 4.69) is 0 Å². The smallest absolute Gasteiger partial charge is 0.335 e. The highest BCUT2D eigenvalue weighted by Crippen LogP contribution is 2.52. The number of nitrogens with two attached hydrogens (primary N) is 2. The average molecular weight is 327 g/mol. The fraction of sp³-hybridized carbons (Fsp3) is 0.455. The zero-order valence-electron chi connectivity index (χ0n) is 10.4. The second kappa shape index (κ2) is 7.98. The Morgan fingerprint density at radius 3 is 2.16 bits per heavy atom. The van der Waals surface area contributed by atoms with Gasteiger partial charge in [0.05, 0.1) is 19.4 Å². The summed E-state index contributed by atoms with van der Waals surface area (Å²) in [5.74, 6) is 0.455. The Hall–Kier alpha value is -0.450. The zero-order chi connectivity index (χ0) is 14.3. The number of nitrogen functional groups attached to an aromatic ring is 2. The lowest BCUT2D eigenvalue weighted by Gasteiger charge is -2.18. The number of hydrogen-bond acceptors (Lipinski definition) is 5. The van der Waals surface area contributed by atoms with Crippen molar-refractivity contribution in [2.24, 2.45) is 0 Å². The molecule has 0 radical (unpaired) electrons. The van der Waals surface area contributed by atoms with Gasteiger partial charge >= 0.3 is 7.60 Å². The molecular weight excluding hydrogens is 310 g/mol. The van der Waals surface area contributed by atoms with Crippen LogP contribution < -0.4 is 11.5 Å². The first-order valence-electron chi connectivity index (χ1n) is 5.64. The predicted octanol–water partition coefficient (Wildman–Crippen LogP) is 3.05. The minimum atomic E-state index is -3.31. The molecule has 8 heteroatoms. The number of halogens is 2. The van der Waals surface area contributed by atoms with Gasteiger partial charge in [-0.3, -0.25) is 4.57 Å². The van der Waals surface area contributed by atoms with Crippen molar-refractivity contribution < 1.29 is 13.6 Å². The van der Waals surface area contributed by atoms with Gasteiger partial charge < -0.3 is 20.5 Å². The van der Waals surface area contributed by atoms with Gasteiger partial charge in [-0.1, -0.05) is 6.07 Å². The summed E-state index contributed by atoms with van der Waals surface area (Å²) in [6.45, 7) is 0.270. The molecule has 1 rings (SSSR count). The molecule has 0 aliphatic rings. The Labute approximate surface area is 122 Å². The molecule has 0 aliphatic heterocycles. The van der Waals surface area contributed by atoms with E-state index in [0.29, 0.717) is 16.9 Å². The van der Waals surface area contributed by atoms with Crippen LogP contribution in [0, 0.1) is 0 Å². The minimum absolute atomic E-state index is 0.0624. The van der Waals surface area contributed by atoms with E-state index in [1.165, 1.54) is 0 Å². The zero-order valence-corrected chi connectivity index (χ0v) is 12.8. The summed E-state index contributed by atoms with van der Waals surface area (Å²) in [5.41, 5.74) is 13.1. The van der Waals surface area contributed by atoms with E-state index in [4.69, 9.17) is 43.7 Å². The third-order valence-corrected chi connectivity index (χ3v) is 4.45. The van der Waals surface area contributed by atoms with Gasteiger partial charge in [-0.15, -0.1) is 23.2 Å². The van der Waals surface area contributed by atoms with Crippen molar-refractivity contribution in [3.8, 4) is 0 Å². The molecular formula is C11H17Cl2N2O3P. The van der Waals surface area contributed by atoms with Crippen LogP contribution in [-0.2, 0) is 19.8 Å². The molecule has 0 aromatic heterocycles. The topological polar surface area (TPSA) is 87.6 Å². The highest BCUT2D eigenvalue weighted by Gasteiger charge is 2.26. The maximum absolute atomic E-state index is 12.5. The lowest BCUT2D eigenvalue weighted by molar-refractivity contribution is 0.221. The summed E-state index contributed by atoms with van der Waals surface area (Å²) in [7, 11) is -3.31. The molecule has 0 heterocycles. The molecule has 0 spiro atoms. The van der Waals surface area contributed by atoms with Crippen molar-refractivity contribution in [2.45, 2.75) is 6.16 Å². The van der Waals surface area contributed by atoms with Crippen LogP contribution in [0.25, 0.3) is 0 Å². The Balaban J connectivity index is 2.83. The fourth-order valence-electron chi connectivity index (χ4n) is 1.44. The number of alkyl halides is 2. The van der Waals surface area contributed by atoms with Crippen LogP contribution in [0.1, 0.15) is 5.56 Å². The molecule has 19 heavy (non-hydrogen) atoms. The molecule has 1 aromatic rings. The normalized spacial score (nSPS) is 11.7. The molecule has 0 atom stereocenters. The number of rotatable bonds is 8. The third-order valence-electron chi connectivity index (χ3n) is 2.26. The first-order chi connectivity index (χ1) is 9.00. The summed E-state index contributed by atoms with van der Waals surface area (Å²) in [6, 6.07) is 4.98. The monoisotopic (exact) mass is 326 g/mol. The number of anilines is 2. The molecule has 0 unspecified atom stereocenters. The molecule has 0 aliphatic carbocycles. The fourth-order valence-corrected chi connectivity index (χ4v) is 3.51. The maximum atomic E-state index is 12.5. The summed E-state index contributed by atoms with van der Waals surface area (Å²) in [6.07, 6.45) is 0.0624. The first-order valence-corrected chi connectivity index (χ1v) is 8.44. The van der Waals surface area contributed by atoms with Crippen LogP contribution in [0.3, 0.4) is 0 Å². The standard InChI is InChI=1S/C11H17Cl2N2O3P/c12-3-5-17-19(16,18-6-4-13)8-9-1-2-10(14)7-11(9)15/h1-2,7H,3-6,8,14-15H2. The van der Waals surface area contributed by atoms with E-state index in [-0.39, 0.29) is 31.1 Å². The molecule has 0 amide bonds. The van der Waals surface area contributed by atoms with Crippen molar-refractivity contribution in [1.82, 2.24) is 0 Å². The van der Waals surface area contributed by atoms with Crippen molar-refractivity contribution in [3.63, 3.8) is 0 Å². The van der Waals surface area contributed by atoms with Crippen LogP contribution in [0.5, 0.6) is 0 Å². The quantitative estimate of drug-likeness (QED) is 0.435. The van der Waals surface area contributed by atoms with Gasteiger partial charge in [0.2, 0.25) is 0 Å². The number of hydrogen-bond donors (Lipinski definition) is 2. The van der Waals surface area contributed by atoms with Crippen LogP contribution in [0.2, 0.25) is 0 Å². The molecule has 0 fully saturated rings. The predicted molar refractivity (Wildman–Crippen MR) is 79.9 cm³/mol. The van der Waals surface area contributed by atoms with E-state index in [1.807, 2.05) is 0 Å². The summed E-state index contributed by atoms with van der Waals surface area (Å²) < 4.78 is 22.9. The molecule has 1 aromatic carbocycles. The second-order valence-electron chi connectivity index (χ2n) is 3.77. The van der Waals surface area contributed by atoms with Crippen molar-refractivity contribution >= 4 is 42.2 Å². The van der Waals surface area contributed by atoms with Gasteiger partial charge in [0.15, 0.2) is 0 Å². The Kier molecular flexibility index (Phi) is 6.97. The van der Waals surface area contributed by atoms with E-state index in [1.54, 1.807) is 18.2 Å². The van der Waals surface area contributed by atoms with Crippen LogP contribution in [0.15, 0.2) is 18.2 Å². The Morgan fingerprint density at radius 1 is 1.11 bits per heavy atom. The summed E-state index contributed by atoms with van der Waals surface area (Å²) in [5, 5.41) is 0. The molecule has 0 saturated heterocycles. The van der Waals surface area contributed by atoms with E-state index < -0.39 is 7.60 Å². The second-order valence-corrected chi connectivity index (χ2v) is 6.58. The maximum Gasteiger partial charge on any atom is 0.335 e. The van der Waals surface area contributed by atoms with E-state index in [9.17, 15) is 4.57 Å². The van der Waals surface area contributed by atoms with Gasteiger partial charge in [-0.2, -0.15) is 0 Å². The van der Waals surface area contributed by atoms with Crippen LogP contribution in [-0.4, -0.2) is 25.0 Å². The van der Waals surface area contributed by atoms with Gasteiger partial charge in [-0.05, 0) is 17.7 Å². The first kappa shape index (κ1) is 16.6. The number of benzene rings is 1. The average Bonchev–Trinajstić information content (AvgIpc) is 2.38. The molecule has 0 saturated carbocycles. The molecule has 4 N–H and O–H groups in total. The molecule has 0 bridgehead atoms. The molecule has 5 nitrogen and oxygen atoms in total. The lowest BCUT2D eigenvalue weighted by atomic mass is 10.2. The molecule has 108 valence electrons. The highest BCUT2D eigenvalue weighted by molar-refractivity contribution is 7.53. The van der Waals surface area contributed by atoms with E-state index in [0.717, 1.165) is 0 Å². The highest BCUT2D eigenvalue weighted by atomic mass is 35.5. The SMILES string of the molecule is Nc1ccc(CP(=O)(OCCCl)OCCCl)c(N)c1. The van der Waals surface area contributed by atoms with Crippen molar-refractivity contribution in [1.29, 1.82) is 0 Å². The van der Waals surface area contributed by atoms with Crippen molar-refractivity contribution in [3.05, 3.63) is 23.8 Å². The van der Waals surface area contributed by atoms with Crippen LogP contribution >= 0.6 is 30.8 Å². The summed E-state index contributed by atoms with van der Waals surface area (Å²) in [4.78, 5) is 0. The largest absolute Gasteiger partial charge is 0.399 e. The van der Waals surface area contributed by atoms with Crippen LogP contribution in [0.4, 0.5) is 11.4 Å².